The minimum absolute atomic E-state index is 0.0924. The number of rotatable bonds is 4. The van der Waals surface area contributed by atoms with Gasteiger partial charge in [0.05, 0.1) is 12.0 Å². The Morgan fingerprint density at radius 3 is 2.24 bits per heavy atom. The first-order valence-corrected chi connectivity index (χ1v) is 8.89. The van der Waals surface area contributed by atoms with Gasteiger partial charge in [0.2, 0.25) is 0 Å². The number of aliphatic carboxylic acids is 1. The molecule has 0 unspecified atom stereocenters. The maximum atomic E-state index is 12.2. The number of carbonyl (C=O) groups excluding carboxylic acids is 1. The van der Waals surface area contributed by atoms with E-state index in [1.54, 1.807) is 17.0 Å². The molecule has 1 aromatic carbocycles. The molecule has 1 fully saturated rings. The zero-order chi connectivity index (χ0) is 18.7. The Balaban J connectivity index is 1.99. The molecule has 2 rings (SSSR count). The minimum atomic E-state index is -0.853. The van der Waals surface area contributed by atoms with E-state index >= 15 is 0 Å². The summed E-state index contributed by atoms with van der Waals surface area (Å²) in [4.78, 5) is 25.7. The van der Waals surface area contributed by atoms with Crippen molar-refractivity contribution in [2.75, 3.05) is 19.7 Å². The molecule has 1 aliphatic rings. The molecule has 1 N–H and O–H groups in total. The molecule has 0 atom stereocenters. The first-order chi connectivity index (χ1) is 11.6. The van der Waals surface area contributed by atoms with Gasteiger partial charge in [0.25, 0.3) is 0 Å². The van der Waals surface area contributed by atoms with Crippen molar-refractivity contribution in [3.05, 3.63) is 34.9 Å². The van der Waals surface area contributed by atoms with Gasteiger partial charge in [0.1, 0.15) is 0 Å². The van der Waals surface area contributed by atoms with Crippen molar-refractivity contribution in [1.29, 1.82) is 0 Å². The van der Waals surface area contributed by atoms with Gasteiger partial charge in [-0.25, -0.2) is 4.79 Å². The Labute approximate surface area is 153 Å². The summed E-state index contributed by atoms with van der Waals surface area (Å²) < 4.78 is 5.33. The Hall–Kier alpha value is -1.75. The van der Waals surface area contributed by atoms with Crippen LogP contribution in [-0.2, 0) is 16.0 Å². The zero-order valence-corrected chi connectivity index (χ0v) is 15.8. The molecule has 1 aromatic rings. The summed E-state index contributed by atoms with van der Waals surface area (Å²) in [5.41, 5.74) is -0.00462. The van der Waals surface area contributed by atoms with Crippen LogP contribution in [0.4, 0.5) is 4.79 Å². The zero-order valence-electron chi connectivity index (χ0n) is 15.0. The lowest BCUT2D eigenvalue weighted by molar-refractivity contribution is -0.151. The first-order valence-electron chi connectivity index (χ1n) is 8.51. The standard InChI is InChI=1S/C19H26ClNO4/c1-18(2,3)13-25-17(24)21-10-8-19(9-11-21,16(22)23)12-14-4-6-15(20)7-5-14/h4-7H,8-13H2,1-3H3,(H,22,23). The summed E-state index contributed by atoms with van der Waals surface area (Å²) in [6.45, 7) is 7.12. The van der Waals surface area contributed by atoms with Gasteiger partial charge in [-0.15, -0.1) is 0 Å². The van der Waals surface area contributed by atoms with Gasteiger partial charge >= 0.3 is 12.1 Å². The average Bonchev–Trinajstić information content (AvgIpc) is 2.54. The van der Waals surface area contributed by atoms with Gasteiger partial charge in [-0.05, 0) is 42.4 Å². The van der Waals surface area contributed by atoms with Gasteiger partial charge in [-0.2, -0.15) is 0 Å². The monoisotopic (exact) mass is 367 g/mol. The second-order valence-corrected chi connectivity index (χ2v) is 8.43. The topological polar surface area (TPSA) is 66.8 Å². The van der Waals surface area contributed by atoms with Crippen molar-refractivity contribution < 1.29 is 19.4 Å². The Bertz CT molecular complexity index is 613. The normalized spacial score (nSPS) is 17.2. The molecule has 0 aromatic heterocycles. The third kappa shape index (κ3) is 5.36. The molecule has 5 nitrogen and oxygen atoms in total. The van der Waals surface area contributed by atoms with Crippen molar-refractivity contribution in [2.24, 2.45) is 10.8 Å². The van der Waals surface area contributed by atoms with Gasteiger partial charge < -0.3 is 14.7 Å². The molecule has 1 saturated heterocycles. The smallest absolute Gasteiger partial charge is 0.409 e. The van der Waals surface area contributed by atoms with Gasteiger partial charge in [-0.1, -0.05) is 44.5 Å². The van der Waals surface area contributed by atoms with E-state index in [1.807, 2.05) is 32.9 Å². The number of carbonyl (C=O) groups is 2. The van der Waals surface area contributed by atoms with Crippen molar-refractivity contribution in [3.63, 3.8) is 0 Å². The molecular formula is C19H26ClNO4. The molecule has 0 spiro atoms. The van der Waals surface area contributed by atoms with Crippen LogP contribution < -0.4 is 0 Å². The van der Waals surface area contributed by atoms with Gasteiger partial charge in [0.15, 0.2) is 0 Å². The first kappa shape index (κ1) is 19.6. The fraction of sp³-hybridized carbons (Fsp3) is 0.579. The van der Waals surface area contributed by atoms with Gasteiger partial charge in [0, 0.05) is 18.1 Å². The highest BCUT2D eigenvalue weighted by Crippen LogP contribution is 2.36. The number of carboxylic acid groups (broad SMARTS) is 1. The summed E-state index contributed by atoms with van der Waals surface area (Å²) in [6, 6.07) is 7.25. The summed E-state index contributed by atoms with van der Waals surface area (Å²) in [6.07, 6.45) is 0.899. The third-order valence-electron chi connectivity index (χ3n) is 4.52. The predicted molar refractivity (Wildman–Crippen MR) is 96.8 cm³/mol. The number of ether oxygens (including phenoxy) is 1. The van der Waals surface area contributed by atoms with E-state index in [0.29, 0.717) is 44.0 Å². The third-order valence-corrected chi connectivity index (χ3v) is 4.77. The number of piperidine rings is 1. The highest BCUT2D eigenvalue weighted by atomic mass is 35.5. The summed E-state index contributed by atoms with van der Waals surface area (Å²) in [5, 5.41) is 10.4. The quantitative estimate of drug-likeness (QED) is 0.864. The molecule has 25 heavy (non-hydrogen) atoms. The maximum Gasteiger partial charge on any atom is 0.409 e. The number of halogens is 1. The van der Waals surface area contributed by atoms with Crippen LogP contribution >= 0.6 is 11.6 Å². The Morgan fingerprint density at radius 2 is 1.76 bits per heavy atom. The van der Waals surface area contributed by atoms with Crippen LogP contribution in [0.5, 0.6) is 0 Å². The van der Waals surface area contributed by atoms with Crippen molar-refractivity contribution >= 4 is 23.7 Å². The Morgan fingerprint density at radius 1 is 1.20 bits per heavy atom. The molecule has 6 heteroatoms. The average molecular weight is 368 g/mol. The fourth-order valence-electron chi connectivity index (χ4n) is 2.95. The number of amides is 1. The maximum absolute atomic E-state index is 12.2. The highest BCUT2D eigenvalue weighted by molar-refractivity contribution is 6.30. The van der Waals surface area contributed by atoms with E-state index in [1.165, 1.54) is 0 Å². The number of carboxylic acids is 1. The number of benzene rings is 1. The molecule has 0 radical (unpaired) electrons. The molecule has 0 aliphatic carbocycles. The van der Waals surface area contributed by atoms with Crippen LogP contribution in [0.15, 0.2) is 24.3 Å². The van der Waals surface area contributed by atoms with Crippen molar-refractivity contribution in [2.45, 2.75) is 40.0 Å². The van der Waals surface area contributed by atoms with Crippen LogP contribution in [-0.4, -0.2) is 41.8 Å². The van der Waals surface area contributed by atoms with E-state index in [9.17, 15) is 14.7 Å². The second kappa shape index (κ2) is 7.65. The Kier molecular flexibility index (Phi) is 5.99. The lowest BCUT2D eigenvalue weighted by atomic mass is 9.74. The summed E-state index contributed by atoms with van der Waals surface area (Å²) >= 11 is 5.89. The molecular weight excluding hydrogens is 342 g/mol. The van der Waals surface area contributed by atoms with Crippen molar-refractivity contribution in [1.82, 2.24) is 4.90 Å². The largest absolute Gasteiger partial charge is 0.481 e. The number of hydrogen-bond acceptors (Lipinski definition) is 3. The van der Waals surface area contributed by atoms with E-state index in [4.69, 9.17) is 16.3 Å². The van der Waals surface area contributed by atoms with Crippen LogP contribution in [0.2, 0.25) is 5.02 Å². The SMILES string of the molecule is CC(C)(C)COC(=O)N1CCC(Cc2ccc(Cl)cc2)(C(=O)O)CC1. The number of nitrogens with zero attached hydrogens (tertiary/aromatic N) is 1. The van der Waals surface area contributed by atoms with Crippen LogP contribution in [0, 0.1) is 10.8 Å². The molecule has 1 heterocycles. The second-order valence-electron chi connectivity index (χ2n) is 7.99. The minimum Gasteiger partial charge on any atom is -0.481 e. The van der Waals surface area contributed by atoms with E-state index < -0.39 is 11.4 Å². The highest BCUT2D eigenvalue weighted by Gasteiger charge is 2.42. The molecule has 0 bridgehead atoms. The number of hydrogen-bond donors (Lipinski definition) is 1. The van der Waals surface area contributed by atoms with E-state index in [-0.39, 0.29) is 11.5 Å². The molecule has 0 saturated carbocycles. The lowest BCUT2D eigenvalue weighted by Crippen LogP contribution is -2.48. The van der Waals surface area contributed by atoms with E-state index in [0.717, 1.165) is 5.56 Å². The molecule has 1 amide bonds. The summed E-state index contributed by atoms with van der Waals surface area (Å²) in [5.74, 6) is -0.815. The van der Waals surface area contributed by atoms with Gasteiger partial charge in [-0.3, -0.25) is 4.79 Å². The molecule has 1 aliphatic heterocycles. The predicted octanol–water partition coefficient (Wildman–Crippen LogP) is 4.23. The fourth-order valence-corrected chi connectivity index (χ4v) is 3.07. The van der Waals surface area contributed by atoms with Crippen molar-refractivity contribution in [3.8, 4) is 0 Å². The summed E-state index contributed by atoms with van der Waals surface area (Å²) in [7, 11) is 0. The molecule has 138 valence electrons. The lowest BCUT2D eigenvalue weighted by Gasteiger charge is -2.38. The van der Waals surface area contributed by atoms with E-state index in [2.05, 4.69) is 0 Å². The van der Waals surface area contributed by atoms with Crippen LogP contribution in [0.3, 0.4) is 0 Å². The van der Waals surface area contributed by atoms with Crippen LogP contribution in [0.25, 0.3) is 0 Å². The number of likely N-dealkylation sites (tertiary alicyclic amines) is 1. The van der Waals surface area contributed by atoms with Crippen LogP contribution in [0.1, 0.15) is 39.2 Å².